The number of benzene rings is 1. The second-order valence-corrected chi connectivity index (χ2v) is 4.65. The van der Waals surface area contributed by atoms with Crippen molar-refractivity contribution in [1.82, 2.24) is 0 Å². The molecule has 5 heteroatoms. The first-order valence-corrected chi connectivity index (χ1v) is 5.84. The molecule has 0 saturated carbocycles. The van der Waals surface area contributed by atoms with E-state index in [1.807, 2.05) is 24.9 Å². The maximum absolute atomic E-state index is 12.0. The van der Waals surface area contributed by atoms with E-state index in [0.717, 1.165) is 11.4 Å². The largest absolute Gasteiger partial charge is 0.364 e. The van der Waals surface area contributed by atoms with E-state index in [9.17, 15) is 4.79 Å². The third-order valence-corrected chi connectivity index (χ3v) is 2.95. The van der Waals surface area contributed by atoms with E-state index < -0.39 is 0 Å². The van der Waals surface area contributed by atoms with Gasteiger partial charge >= 0.3 is 0 Å². The lowest BCUT2D eigenvalue weighted by Gasteiger charge is -2.36. The molecule has 2 N–H and O–H groups in total. The van der Waals surface area contributed by atoms with Gasteiger partial charge in [-0.25, -0.2) is 0 Å². The van der Waals surface area contributed by atoms with Gasteiger partial charge in [0.2, 0.25) is 5.91 Å². The van der Waals surface area contributed by atoms with Crippen LogP contribution >= 0.6 is 0 Å². The average Bonchev–Trinajstić information content (AvgIpc) is 2.33. The molecule has 1 aromatic carbocycles. The number of carbonyl (C=O) groups excluding carboxylic acids is 1. The van der Waals surface area contributed by atoms with Crippen LogP contribution in [-0.2, 0) is 4.79 Å². The Hall–Kier alpha value is -2.06. The Morgan fingerprint density at radius 3 is 2.83 bits per heavy atom. The van der Waals surface area contributed by atoms with Gasteiger partial charge in [-0.3, -0.25) is 4.79 Å². The highest BCUT2D eigenvalue weighted by atomic mass is 16.2. The number of nitrogens with two attached hydrogens (primary N) is 1. The van der Waals surface area contributed by atoms with Crippen molar-refractivity contribution in [2.75, 3.05) is 29.9 Å². The number of fused-ring (bicyclic) bond motifs is 1. The van der Waals surface area contributed by atoms with Crippen LogP contribution < -0.4 is 15.5 Å². The highest BCUT2D eigenvalue weighted by Gasteiger charge is 2.27. The predicted molar refractivity (Wildman–Crippen MR) is 70.4 cm³/mol. The summed E-state index contributed by atoms with van der Waals surface area (Å²) in [7, 11) is 1.87. The van der Waals surface area contributed by atoms with Crippen molar-refractivity contribution in [3.63, 3.8) is 0 Å². The van der Waals surface area contributed by atoms with Crippen molar-refractivity contribution < 1.29 is 4.79 Å². The van der Waals surface area contributed by atoms with E-state index in [2.05, 4.69) is 6.07 Å². The first-order valence-electron chi connectivity index (χ1n) is 5.84. The van der Waals surface area contributed by atoms with Gasteiger partial charge in [-0.15, -0.1) is 0 Å². The first-order chi connectivity index (χ1) is 8.52. The number of amides is 1. The second kappa shape index (κ2) is 4.67. The van der Waals surface area contributed by atoms with Crippen molar-refractivity contribution in [3.8, 4) is 6.07 Å². The van der Waals surface area contributed by atoms with Crippen LogP contribution in [0, 0.1) is 11.3 Å². The second-order valence-electron chi connectivity index (χ2n) is 4.65. The molecule has 1 aromatic rings. The molecule has 0 fully saturated rings. The summed E-state index contributed by atoms with van der Waals surface area (Å²) in [6.45, 7) is 2.67. The van der Waals surface area contributed by atoms with E-state index in [1.165, 1.54) is 0 Å². The lowest BCUT2D eigenvalue weighted by atomic mass is 10.1. The summed E-state index contributed by atoms with van der Waals surface area (Å²) in [6.07, 6.45) is 0. The van der Waals surface area contributed by atoms with E-state index in [4.69, 9.17) is 11.0 Å². The summed E-state index contributed by atoms with van der Waals surface area (Å²) >= 11 is 0. The molecule has 18 heavy (non-hydrogen) atoms. The number of nitriles is 1. The van der Waals surface area contributed by atoms with Gasteiger partial charge < -0.3 is 15.5 Å². The summed E-state index contributed by atoms with van der Waals surface area (Å²) in [5, 5.41) is 8.95. The number of hydrogen-bond acceptors (Lipinski definition) is 4. The van der Waals surface area contributed by atoms with Crippen LogP contribution in [0.3, 0.4) is 0 Å². The van der Waals surface area contributed by atoms with Crippen LogP contribution in [0.2, 0.25) is 0 Å². The van der Waals surface area contributed by atoms with Crippen LogP contribution in [0.15, 0.2) is 18.2 Å². The molecule has 94 valence electrons. The zero-order valence-corrected chi connectivity index (χ0v) is 10.6. The van der Waals surface area contributed by atoms with Crippen LogP contribution in [0.5, 0.6) is 0 Å². The molecule has 0 aliphatic carbocycles. The quantitative estimate of drug-likeness (QED) is 0.830. The van der Waals surface area contributed by atoms with Crippen molar-refractivity contribution in [1.29, 1.82) is 5.26 Å². The zero-order chi connectivity index (χ0) is 13.3. The van der Waals surface area contributed by atoms with Crippen LogP contribution in [-0.4, -0.2) is 32.1 Å². The Balaban J connectivity index is 2.48. The Kier molecular flexibility index (Phi) is 3.21. The molecular formula is C13H16N4O. The fourth-order valence-corrected chi connectivity index (χ4v) is 2.13. The molecule has 0 spiro atoms. The summed E-state index contributed by atoms with van der Waals surface area (Å²) in [5.74, 6) is 0.0115. The first kappa shape index (κ1) is 12.4. The summed E-state index contributed by atoms with van der Waals surface area (Å²) < 4.78 is 0. The lowest BCUT2D eigenvalue weighted by Crippen LogP contribution is -2.48. The highest BCUT2D eigenvalue weighted by Crippen LogP contribution is 2.33. The van der Waals surface area contributed by atoms with Gasteiger partial charge in [0.05, 0.1) is 29.6 Å². The predicted octanol–water partition coefficient (Wildman–Crippen LogP) is 0.688. The Morgan fingerprint density at radius 2 is 2.22 bits per heavy atom. The van der Waals surface area contributed by atoms with Crippen molar-refractivity contribution in [2.24, 2.45) is 5.73 Å². The molecule has 1 unspecified atom stereocenters. The highest BCUT2D eigenvalue weighted by molar-refractivity contribution is 6.03. The monoisotopic (exact) mass is 244 g/mol. The molecule has 1 heterocycles. The fourth-order valence-electron chi connectivity index (χ4n) is 2.13. The molecule has 0 saturated heterocycles. The molecule has 1 aliphatic heterocycles. The minimum atomic E-state index is -0.101. The number of hydrogen-bond donors (Lipinski definition) is 1. The van der Waals surface area contributed by atoms with Gasteiger partial charge in [-0.2, -0.15) is 5.26 Å². The average molecular weight is 244 g/mol. The summed E-state index contributed by atoms with van der Waals surface area (Å²) in [4.78, 5) is 15.6. The van der Waals surface area contributed by atoms with Gasteiger partial charge in [0.1, 0.15) is 0 Å². The molecule has 5 nitrogen and oxygen atoms in total. The van der Waals surface area contributed by atoms with Crippen LogP contribution in [0.4, 0.5) is 11.4 Å². The number of carbonyl (C=O) groups is 1. The van der Waals surface area contributed by atoms with E-state index in [-0.39, 0.29) is 11.9 Å². The van der Waals surface area contributed by atoms with Gasteiger partial charge in [0, 0.05) is 19.6 Å². The van der Waals surface area contributed by atoms with Crippen molar-refractivity contribution >= 4 is 17.3 Å². The Morgan fingerprint density at radius 1 is 1.50 bits per heavy atom. The minimum Gasteiger partial charge on any atom is -0.364 e. The Bertz CT molecular complexity index is 518. The van der Waals surface area contributed by atoms with Crippen LogP contribution in [0.25, 0.3) is 0 Å². The minimum absolute atomic E-state index is 0.0115. The standard InChI is InChI=1S/C13H16N4O/c1-9(15)7-17-12-5-10(6-14)3-4-11(12)16(2)8-13(17)18/h3-5,9H,7-8,15H2,1-2H3. The van der Waals surface area contributed by atoms with E-state index >= 15 is 0 Å². The number of anilines is 2. The molecule has 1 atom stereocenters. The molecule has 1 amide bonds. The topological polar surface area (TPSA) is 73.4 Å². The summed E-state index contributed by atoms with van der Waals surface area (Å²) in [6, 6.07) is 7.36. The van der Waals surface area contributed by atoms with Gasteiger partial charge in [0.15, 0.2) is 0 Å². The van der Waals surface area contributed by atoms with Gasteiger partial charge in [0.25, 0.3) is 0 Å². The SMILES string of the molecule is CC(N)CN1C(=O)CN(C)c2ccc(C#N)cc21. The van der Waals surface area contributed by atoms with E-state index in [1.54, 1.807) is 17.0 Å². The Labute approximate surface area is 106 Å². The molecular weight excluding hydrogens is 228 g/mol. The smallest absolute Gasteiger partial charge is 0.246 e. The lowest BCUT2D eigenvalue weighted by molar-refractivity contribution is -0.117. The molecule has 2 rings (SSSR count). The third-order valence-electron chi connectivity index (χ3n) is 2.95. The van der Waals surface area contributed by atoms with Crippen molar-refractivity contribution in [3.05, 3.63) is 23.8 Å². The van der Waals surface area contributed by atoms with E-state index in [0.29, 0.717) is 18.7 Å². The number of likely N-dealkylation sites (N-methyl/N-ethyl adjacent to an activating group) is 1. The van der Waals surface area contributed by atoms with Gasteiger partial charge in [-0.05, 0) is 25.1 Å². The van der Waals surface area contributed by atoms with Crippen molar-refractivity contribution in [2.45, 2.75) is 13.0 Å². The molecule has 1 aliphatic rings. The zero-order valence-electron chi connectivity index (χ0n) is 10.6. The number of rotatable bonds is 2. The molecule has 0 radical (unpaired) electrons. The maximum atomic E-state index is 12.0. The van der Waals surface area contributed by atoms with Gasteiger partial charge in [-0.1, -0.05) is 0 Å². The summed E-state index contributed by atoms with van der Waals surface area (Å²) in [5.41, 5.74) is 8.04. The molecule has 0 bridgehead atoms. The van der Waals surface area contributed by atoms with Crippen LogP contribution in [0.1, 0.15) is 12.5 Å². The normalized spacial score (nSPS) is 16.2. The third kappa shape index (κ3) is 2.15. The maximum Gasteiger partial charge on any atom is 0.246 e. The fraction of sp³-hybridized carbons (Fsp3) is 0.385. The molecule has 0 aromatic heterocycles. The number of nitrogens with zero attached hydrogens (tertiary/aromatic N) is 3.